The topological polar surface area (TPSA) is 52.9 Å². The third-order valence-corrected chi connectivity index (χ3v) is 4.53. The summed E-state index contributed by atoms with van der Waals surface area (Å²) in [7, 11) is 1.69. The lowest BCUT2D eigenvalue weighted by molar-refractivity contribution is -0.113. The van der Waals surface area contributed by atoms with Gasteiger partial charge in [0.15, 0.2) is 5.17 Å². The van der Waals surface area contributed by atoms with Gasteiger partial charge in [-0.15, -0.1) is 0 Å². The van der Waals surface area contributed by atoms with Gasteiger partial charge in [-0.3, -0.25) is 14.7 Å². The van der Waals surface area contributed by atoms with Crippen molar-refractivity contribution < 1.29 is 9.90 Å². The molecule has 2 aromatic carbocycles. The summed E-state index contributed by atoms with van der Waals surface area (Å²) >= 11 is 1.36. The summed E-state index contributed by atoms with van der Waals surface area (Å²) in [6, 6.07) is 17.0. The predicted molar refractivity (Wildman–Crippen MR) is 95.2 cm³/mol. The lowest BCUT2D eigenvalue weighted by Crippen LogP contribution is -2.28. The summed E-state index contributed by atoms with van der Waals surface area (Å²) in [5.41, 5.74) is 2.58. The molecule has 1 N–H and O–H groups in total. The van der Waals surface area contributed by atoms with E-state index in [0.717, 1.165) is 16.8 Å². The first-order valence-corrected chi connectivity index (χ1v) is 8.00. The van der Waals surface area contributed by atoms with Crippen LogP contribution in [0.25, 0.3) is 6.08 Å². The first-order valence-electron chi connectivity index (χ1n) is 7.18. The lowest BCUT2D eigenvalue weighted by atomic mass is 10.1. The minimum Gasteiger partial charge on any atom is -0.392 e. The average molecular weight is 324 g/mol. The van der Waals surface area contributed by atoms with Gasteiger partial charge in [0, 0.05) is 7.05 Å². The highest BCUT2D eigenvalue weighted by Crippen LogP contribution is 2.35. The van der Waals surface area contributed by atoms with E-state index in [1.54, 1.807) is 11.9 Å². The van der Waals surface area contributed by atoms with Crippen molar-refractivity contribution in [2.24, 2.45) is 4.99 Å². The van der Waals surface area contributed by atoms with Crippen LogP contribution in [0, 0.1) is 0 Å². The summed E-state index contributed by atoms with van der Waals surface area (Å²) in [6.45, 7) is 0.0129. The Morgan fingerprint density at radius 2 is 1.83 bits per heavy atom. The van der Waals surface area contributed by atoms with Gasteiger partial charge < -0.3 is 5.11 Å². The van der Waals surface area contributed by atoms with Crippen molar-refractivity contribution in [3.05, 3.63) is 70.6 Å². The zero-order chi connectivity index (χ0) is 16.2. The van der Waals surface area contributed by atoms with Crippen molar-refractivity contribution in [2.45, 2.75) is 6.61 Å². The van der Waals surface area contributed by atoms with Gasteiger partial charge in [-0.2, -0.15) is 0 Å². The molecule has 23 heavy (non-hydrogen) atoms. The summed E-state index contributed by atoms with van der Waals surface area (Å²) in [5.74, 6) is -0.0759. The zero-order valence-electron chi connectivity index (χ0n) is 12.6. The number of anilines is 1. The maximum atomic E-state index is 12.7. The fourth-order valence-corrected chi connectivity index (χ4v) is 3.24. The molecule has 116 valence electrons. The van der Waals surface area contributed by atoms with Crippen molar-refractivity contribution in [3.63, 3.8) is 0 Å². The SMILES string of the molecule is CN=C1SC(=Cc2ccc(CO)cc2)C(=O)N1c1ccccc1. The molecule has 3 rings (SSSR count). The molecule has 4 nitrogen and oxygen atoms in total. The fraction of sp³-hybridized carbons (Fsp3) is 0.111. The Balaban J connectivity index is 1.93. The molecule has 1 saturated heterocycles. The van der Waals surface area contributed by atoms with E-state index in [0.29, 0.717) is 10.1 Å². The number of para-hydroxylation sites is 1. The van der Waals surface area contributed by atoms with Gasteiger partial charge >= 0.3 is 0 Å². The highest BCUT2D eigenvalue weighted by molar-refractivity contribution is 8.19. The Morgan fingerprint density at radius 3 is 2.43 bits per heavy atom. The molecule has 0 saturated carbocycles. The molecule has 1 heterocycles. The molecule has 0 spiro atoms. The van der Waals surface area contributed by atoms with Crippen LogP contribution in [0.4, 0.5) is 5.69 Å². The number of nitrogens with zero attached hydrogens (tertiary/aromatic N) is 2. The second-order valence-electron chi connectivity index (χ2n) is 4.99. The third kappa shape index (κ3) is 3.21. The van der Waals surface area contributed by atoms with Crippen molar-refractivity contribution in [1.29, 1.82) is 0 Å². The molecule has 1 aliphatic rings. The molecule has 0 aliphatic carbocycles. The van der Waals surface area contributed by atoms with Crippen LogP contribution in [-0.4, -0.2) is 23.2 Å². The molecule has 2 aromatic rings. The highest BCUT2D eigenvalue weighted by atomic mass is 32.2. The van der Waals surface area contributed by atoms with E-state index in [-0.39, 0.29) is 12.5 Å². The van der Waals surface area contributed by atoms with Crippen LogP contribution in [0.3, 0.4) is 0 Å². The number of aliphatic hydroxyl groups excluding tert-OH is 1. The fourth-order valence-electron chi connectivity index (χ4n) is 2.30. The number of carbonyl (C=O) groups is 1. The number of aliphatic hydroxyl groups is 1. The van der Waals surface area contributed by atoms with Crippen LogP contribution in [0.5, 0.6) is 0 Å². The van der Waals surface area contributed by atoms with Crippen LogP contribution >= 0.6 is 11.8 Å². The summed E-state index contributed by atoms with van der Waals surface area (Å²) in [6.07, 6.45) is 1.85. The molecule has 1 aliphatic heterocycles. The number of amides is 1. The molecular weight excluding hydrogens is 308 g/mol. The largest absolute Gasteiger partial charge is 0.392 e. The Kier molecular flexibility index (Phi) is 4.60. The minimum atomic E-state index is -0.0759. The molecule has 0 atom stereocenters. The summed E-state index contributed by atoms with van der Waals surface area (Å²) in [5, 5.41) is 9.75. The van der Waals surface area contributed by atoms with Crippen molar-refractivity contribution in [3.8, 4) is 0 Å². The van der Waals surface area contributed by atoms with E-state index in [4.69, 9.17) is 5.11 Å². The van der Waals surface area contributed by atoms with Crippen LogP contribution < -0.4 is 4.90 Å². The van der Waals surface area contributed by atoms with Gasteiger partial charge in [0.25, 0.3) is 5.91 Å². The van der Waals surface area contributed by atoms with Crippen molar-refractivity contribution >= 4 is 34.6 Å². The van der Waals surface area contributed by atoms with E-state index in [1.165, 1.54) is 11.8 Å². The zero-order valence-corrected chi connectivity index (χ0v) is 13.5. The summed E-state index contributed by atoms with van der Waals surface area (Å²) in [4.78, 5) is 19.2. The van der Waals surface area contributed by atoms with Crippen molar-refractivity contribution in [1.82, 2.24) is 0 Å². The normalized spacial score (nSPS) is 18.2. The molecule has 1 fully saturated rings. The van der Waals surface area contributed by atoms with E-state index in [2.05, 4.69) is 4.99 Å². The van der Waals surface area contributed by atoms with Crippen LogP contribution in [0.15, 0.2) is 64.5 Å². The third-order valence-electron chi connectivity index (χ3n) is 3.47. The van der Waals surface area contributed by atoms with Crippen molar-refractivity contribution in [2.75, 3.05) is 11.9 Å². The molecule has 0 bridgehead atoms. The maximum absolute atomic E-state index is 12.7. The summed E-state index contributed by atoms with van der Waals surface area (Å²) < 4.78 is 0. The second kappa shape index (κ2) is 6.81. The number of aliphatic imine (C=N–C) groups is 1. The number of thioether (sulfide) groups is 1. The van der Waals surface area contributed by atoms with Gasteiger partial charge in [0.1, 0.15) is 0 Å². The monoisotopic (exact) mass is 324 g/mol. The Morgan fingerprint density at radius 1 is 1.13 bits per heavy atom. The number of amidine groups is 1. The molecule has 0 unspecified atom stereocenters. The smallest absolute Gasteiger partial charge is 0.271 e. The average Bonchev–Trinajstić information content (AvgIpc) is 2.92. The Bertz CT molecular complexity index is 767. The first kappa shape index (κ1) is 15.5. The van der Waals surface area contributed by atoms with Crippen LogP contribution in [0.1, 0.15) is 11.1 Å². The molecular formula is C18H16N2O2S. The Labute approximate surface area is 139 Å². The standard InChI is InChI=1S/C18H16N2O2S/c1-19-18-20(15-5-3-2-4-6-15)17(22)16(23-18)11-13-7-9-14(12-21)10-8-13/h2-11,21H,12H2,1H3. The number of hydrogen-bond donors (Lipinski definition) is 1. The predicted octanol–water partition coefficient (Wildman–Crippen LogP) is 3.29. The molecule has 5 heteroatoms. The lowest BCUT2D eigenvalue weighted by Gasteiger charge is -2.14. The number of rotatable bonds is 3. The number of carbonyl (C=O) groups excluding carboxylic acids is 1. The van der Waals surface area contributed by atoms with Crippen LogP contribution in [-0.2, 0) is 11.4 Å². The molecule has 0 aromatic heterocycles. The Hall–Kier alpha value is -2.37. The van der Waals surface area contributed by atoms with E-state index in [1.807, 2.05) is 60.7 Å². The van der Waals surface area contributed by atoms with E-state index >= 15 is 0 Å². The second-order valence-corrected chi connectivity index (χ2v) is 6.00. The van der Waals surface area contributed by atoms with Gasteiger partial charge in [-0.25, -0.2) is 0 Å². The van der Waals surface area contributed by atoms with Gasteiger partial charge in [0.2, 0.25) is 0 Å². The number of hydrogen-bond acceptors (Lipinski definition) is 4. The van der Waals surface area contributed by atoms with Gasteiger partial charge in [0.05, 0.1) is 17.2 Å². The highest BCUT2D eigenvalue weighted by Gasteiger charge is 2.33. The van der Waals surface area contributed by atoms with E-state index in [9.17, 15) is 4.79 Å². The van der Waals surface area contributed by atoms with Gasteiger partial charge in [-0.1, -0.05) is 42.5 Å². The quantitative estimate of drug-likeness (QED) is 0.882. The number of benzene rings is 2. The maximum Gasteiger partial charge on any atom is 0.271 e. The van der Waals surface area contributed by atoms with Gasteiger partial charge in [-0.05, 0) is 41.1 Å². The molecule has 1 amide bonds. The first-order chi connectivity index (χ1) is 11.2. The van der Waals surface area contributed by atoms with Crippen LogP contribution in [0.2, 0.25) is 0 Å². The molecule has 0 radical (unpaired) electrons. The minimum absolute atomic E-state index is 0.0129. The van der Waals surface area contributed by atoms with E-state index < -0.39 is 0 Å².